The van der Waals surface area contributed by atoms with Gasteiger partial charge in [-0.05, 0) is 13.8 Å². The zero-order valence-electron chi connectivity index (χ0n) is 76.3. The Morgan fingerprint density at radius 3 is 1.13 bits per heavy atom. The lowest BCUT2D eigenvalue weighted by atomic mass is 9.88. The Hall–Kier alpha value is -5.18. The average Bonchev–Trinajstić information content (AvgIpc) is 0.787. The molecular formula is C79H131N5O57. The fourth-order valence-electron chi connectivity index (χ4n) is 18.2. The SMILES string of the molecule is CC(=O)N[C@@H]1[C@H](O[C@@H]2[C@@H](O[C@@H]3[C@H](O)[C@H](O[C@H]4[C@H](O)[C@@H](NC(C)=O)[C@H](O[C@H]5[C@H](O)[C@@H](NC(C)=O)[C@H](O)O[C@@H]5CO[C@@H]5O[C@@H](C)[C@@H](O)[C@@H](O)[C@@H]5O)O[C@@H]4CO)O[C@H](CO[C@H]4O[C@H](CO)[C@@H](O)[C@H](O)[C@@H]4O[C@@H]4O[C@H](CO)[C@@H](O)[C@H](O[C@@H]5O[C@@H](C)[C@@H](O)[C@@H](O)[C@@H]5O)[C@H]4NC(C)=O)[C@H]3O)O[C@H](CO)[C@@H](O)[C@@H]2O)O[C@H](CO)[C@@H](O[C@@H]2O[C@H](CO[C@]3(C(=O)O)C[C@H](O)[C@@H](NC(C)=O)[C@H]([C@H](O)[C@H](O)CO)O3)[C@H](O)[C@H](O)[C@H]2O)[C@@H]1O. The Labute approximate surface area is 798 Å². The molecule has 62 nitrogen and oxygen atoms in total. The molecule has 11 saturated heterocycles. The molecule has 5 amide bonds. The van der Waals surface area contributed by atoms with Gasteiger partial charge in [-0.2, -0.15) is 0 Å². The molecule has 0 spiro atoms. The number of aliphatic hydroxyl groups excluding tert-OH is 29. The molecule has 0 unspecified atom stereocenters. The number of amides is 5. The Bertz CT molecular complexity index is 3990. The number of carbonyl (C=O) groups is 6. The first-order valence-electron chi connectivity index (χ1n) is 45.0. The molecule has 11 aliphatic rings. The summed E-state index contributed by atoms with van der Waals surface area (Å²) in [4.78, 5) is 77.6. The monoisotopic (exact) mass is 2060 g/mol. The molecule has 56 atom stereocenters. The van der Waals surface area contributed by atoms with Crippen LogP contribution in [-0.4, -0.2) is 591 Å². The first kappa shape index (κ1) is 116. The maximum atomic E-state index is 13.4. The van der Waals surface area contributed by atoms with Crippen molar-refractivity contribution in [3.05, 3.63) is 0 Å². The van der Waals surface area contributed by atoms with Crippen LogP contribution in [0.5, 0.6) is 0 Å². The summed E-state index contributed by atoms with van der Waals surface area (Å²) in [6.45, 7) is -3.62. The molecule has 11 aliphatic heterocycles. The Balaban J connectivity index is 0.913. The van der Waals surface area contributed by atoms with E-state index in [9.17, 15) is 182 Å². The van der Waals surface area contributed by atoms with Crippen LogP contribution in [0.2, 0.25) is 0 Å². The molecule has 0 radical (unpaired) electrons. The minimum absolute atomic E-state index is 0.852. The van der Waals surface area contributed by atoms with Gasteiger partial charge in [0.2, 0.25) is 29.5 Å². The van der Waals surface area contributed by atoms with Gasteiger partial charge in [0, 0.05) is 41.0 Å². The maximum Gasteiger partial charge on any atom is 0.364 e. The van der Waals surface area contributed by atoms with E-state index >= 15 is 0 Å². The summed E-state index contributed by atoms with van der Waals surface area (Å²) < 4.78 is 125. The number of carboxylic acids is 1. The van der Waals surface area contributed by atoms with Crippen molar-refractivity contribution in [2.45, 2.75) is 398 Å². The van der Waals surface area contributed by atoms with Gasteiger partial charge in [0.15, 0.2) is 62.9 Å². The molecule has 141 heavy (non-hydrogen) atoms. The molecule has 0 bridgehead atoms. The van der Waals surface area contributed by atoms with E-state index in [1.807, 2.05) is 0 Å². The molecule has 11 rings (SSSR count). The van der Waals surface area contributed by atoms with Crippen molar-refractivity contribution >= 4 is 35.5 Å². The highest BCUT2D eigenvalue weighted by Gasteiger charge is 2.64. The van der Waals surface area contributed by atoms with Gasteiger partial charge in [0.25, 0.3) is 5.79 Å². The summed E-state index contributed by atoms with van der Waals surface area (Å²) in [6, 6.07) is -9.62. The van der Waals surface area contributed by atoms with E-state index in [4.69, 9.17) is 99.5 Å². The van der Waals surface area contributed by atoms with Crippen LogP contribution in [0.4, 0.5) is 0 Å². The first-order valence-corrected chi connectivity index (χ1v) is 45.0. The number of carboxylic acid groups (broad SMARTS) is 1. The Morgan fingerprint density at radius 1 is 0.305 bits per heavy atom. The van der Waals surface area contributed by atoms with Crippen LogP contribution in [0.25, 0.3) is 0 Å². The van der Waals surface area contributed by atoms with E-state index in [1.165, 1.54) is 13.8 Å². The third kappa shape index (κ3) is 25.9. The summed E-state index contributed by atoms with van der Waals surface area (Å²) >= 11 is 0. The smallest absolute Gasteiger partial charge is 0.364 e. The highest BCUT2D eigenvalue weighted by atomic mass is 16.8. The van der Waals surface area contributed by atoms with E-state index in [2.05, 4.69) is 26.6 Å². The second-order valence-electron chi connectivity index (χ2n) is 36.0. The van der Waals surface area contributed by atoms with Crippen LogP contribution in [0.1, 0.15) is 54.9 Å². The minimum atomic E-state index is -3.12. The van der Waals surface area contributed by atoms with Gasteiger partial charge in [0.05, 0.1) is 83.8 Å². The summed E-state index contributed by atoms with van der Waals surface area (Å²) in [6.07, 6.45) is -108. The maximum absolute atomic E-state index is 13.4. The summed E-state index contributed by atoms with van der Waals surface area (Å²) in [5.41, 5.74) is 0. The summed E-state index contributed by atoms with van der Waals surface area (Å²) in [7, 11) is 0. The van der Waals surface area contributed by atoms with Crippen LogP contribution in [0, 0.1) is 0 Å². The average molecular weight is 2060 g/mol. The third-order valence-corrected chi connectivity index (χ3v) is 25.9. The predicted molar refractivity (Wildman–Crippen MR) is 435 cm³/mol. The normalized spacial score (nSPS) is 48.3. The number of hydrogen-bond acceptors (Lipinski definition) is 56. The molecule has 0 saturated carbocycles. The van der Waals surface area contributed by atoms with E-state index in [0.29, 0.717) is 0 Å². The van der Waals surface area contributed by atoms with Crippen LogP contribution in [0.3, 0.4) is 0 Å². The molecule has 11 heterocycles. The lowest BCUT2D eigenvalue weighted by Crippen LogP contribution is -2.71. The number of aliphatic hydroxyl groups is 29. The van der Waals surface area contributed by atoms with Crippen LogP contribution >= 0.6 is 0 Å². The molecule has 11 fully saturated rings. The highest BCUT2D eigenvalue weighted by Crippen LogP contribution is 2.43. The van der Waals surface area contributed by atoms with Gasteiger partial charge >= 0.3 is 5.97 Å². The molecule has 0 aromatic heterocycles. The van der Waals surface area contributed by atoms with Crippen molar-refractivity contribution in [1.29, 1.82) is 0 Å². The predicted octanol–water partition coefficient (Wildman–Crippen LogP) is -23.0. The van der Waals surface area contributed by atoms with E-state index in [0.717, 1.165) is 34.6 Å². The Morgan fingerprint density at radius 2 is 0.638 bits per heavy atom. The van der Waals surface area contributed by atoms with Crippen molar-refractivity contribution in [3.63, 3.8) is 0 Å². The standard InChI is InChI=1S/C79H131N5O57/c1-18-40(98)51(109)56(114)72(124-18)121-16-34-62(48(106)36(68(118)126-34)81-21(4)92)134-69-37(82-22(5)93)49(107)61(31(14-90)130-69)136-75-59(117)65(47(105)32(132-75)15-122-76-66(54(112)43(101)27(10-86)128-76)139-71-39(84-24(7)95)63(46(104)29(12-88)127-71)137-73-57(115)52(110)41(99)19(2)125-73)138-77-67(55(113)44(102)28(11-87)129-77)140-70-38(83-23(6)94)50(108)60(30(13-89)131-70)135-74-58(116)53(111)45(103)33(133-74)17-123-79(78(119)120)8-25(96)35(80-20(3)91)64(141-79)42(100)26(97)9-85/h18-19,25-77,85-90,96-118H,8-17H2,1-7H3,(H,80,91)(H,81,92)(H,82,93)(H,83,94)(H,84,95)(H,119,120)/t18-,19-,25-,26+,27+,28+,29+,30+,31+,32+,33+,34+,35+,36+,37+,38-,39+,40+,41+,42+,43+,44+,45-,46+,47+,48+,49+,50+,51+,52+,53-,54-,55-,56-,57-,58+,59-,60+,61+,62+,63+,64+,65-,66-,67-,68+,69-,70-,71-,72+,73-,74-,75-,76-,77+,79+/m0/s1. The third-order valence-electron chi connectivity index (χ3n) is 25.9. The fraction of sp³-hybridized carbons (Fsp3) is 0.924. The number of ether oxygens (including phenoxy) is 21. The summed E-state index contributed by atoms with van der Waals surface area (Å²) in [5, 5.41) is 350. The van der Waals surface area contributed by atoms with Gasteiger partial charge in [-0.15, -0.1) is 0 Å². The van der Waals surface area contributed by atoms with E-state index < -0.39 is 444 Å². The molecule has 0 aliphatic carbocycles. The number of nitrogens with one attached hydrogen (secondary N) is 5. The minimum Gasteiger partial charge on any atom is -0.477 e. The van der Waals surface area contributed by atoms with Crippen molar-refractivity contribution in [2.75, 3.05) is 59.5 Å². The van der Waals surface area contributed by atoms with Crippen LogP contribution in [0.15, 0.2) is 0 Å². The largest absolute Gasteiger partial charge is 0.477 e. The quantitative estimate of drug-likeness (QED) is 0.0275. The summed E-state index contributed by atoms with van der Waals surface area (Å²) in [5.74, 6) is -9.97. The molecule has 62 heteroatoms. The molecule has 0 aromatic rings. The van der Waals surface area contributed by atoms with Gasteiger partial charge in [-0.1, -0.05) is 0 Å². The zero-order chi connectivity index (χ0) is 104. The van der Waals surface area contributed by atoms with Crippen molar-refractivity contribution in [3.8, 4) is 0 Å². The Kier molecular flexibility index (Phi) is 41.1. The lowest BCUT2D eigenvalue weighted by molar-refractivity contribution is -0.399. The number of carbonyl (C=O) groups excluding carboxylic acids is 5. The van der Waals surface area contributed by atoms with Crippen molar-refractivity contribution in [1.82, 2.24) is 26.6 Å². The molecule has 35 N–H and O–H groups in total. The molecular weight excluding hydrogens is 1930 g/mol. The van der Waals surface area contributed by atoms with Gasteiger partial charge in [-0.25, -0.2) is 4.79 Å². The van der Waals surface area contributed by atoms with E-state index in [1.54, 1.807) is 0 Å². The second-order valence-corrected chi connectivity index (χ2v) is 36.0. The second kappa shape index (κ2) is 50.0. The van der Waals surface area contributed by atoms with Crippen molar-refractivity contribution in [2.24, 2.45) is 0 Å². The molecule has 814 valence electrons. The molecule has 0 aromatic carbocycles. The van der Waals surface area contributed by atoms with Gasteiger partial charge in [0.1, 0.15) is 250 Å². The first-order chi connectivity index (χ1) is 66.4. The zero-order valence-corrected chi connectivity index (χ0v) is 76.3. The van der Waals surface area contributed by atoms with E-state index in [-0.39, 0.29) is 0 Å². The highest BCUT2D eigenvalue weighted by molar-refractivity contribution is 5.77. The van der Waals surface area contributed by atoms with Crippen LogP contribution < -0.4 is 26.6 Å². The lowest BCUT2D eigenvalue weighted by Gasteiger charge is -2.51. The number of aliphatic carboxylic acids is 1. The topological polar surface area (TPSA) is 963 Å². The fourth-order valence-corrected chi connectivity index (χ4v) is 18.2. The number of hydrogen-bond donors (Lipinski definition) is 35. The van der Waals surface area contributed by atoms with Gasteiger partial charge in [-0.3, -0.25) is 24.0 Å². The van der Waals surface area contributed by atoms with Crippen LogP contribution in [-0.2, 0) is 128 Å². The number of rotatable bonds is 37. The van der Waals surface area contributed by atoms with Gasteiger partial charge < -0.3 is 279 Å². The van der Waals surface area contributed by atoms with Crippen molar-refractivity contribution < 1.29 is 281 Å².